The normalized spacial score (nSPS) is 12.4. The minimum atomic E-state index is -0.291. The Morgan fingerprint density at radius 3 is 2.36 bits per heavy atom. The number of hydrogen-bond donors (Lipinski definition) is 1. The molecule has 0 aliphatic heterocycles. The van der Waals surface area contributed by atoms with Gasteiger partial charge in [0.05, 0.1) is 11.7 Å². The summed E-state index contributed by atoms with van der Waals surface area (Å²) in [4.78, 5) is 24.8. The fraction of sp³-hybridized carbons (Fsp3) is 0.357. The number of rotatable bonds is 10. The number of hydrogen-bond acceptors (Lipinski definition) is 5. The maximum atomic E-state index is 13.7. The average Bonchev–Trinajstić information content (AvgIpc) is 3.52. The van der Waals surface area contributed by atoms with Crippen LogP contribution in [0.3, 0.4) is 0 Å². The van der Waals surface area contributed by atoms with Crippen LogP contribution in [0.25, 0.3) is 11.3 Å². The molecule has 0 fully saturated rings. The Hall–Kier alpha value is -3.78. The van der Waals surface area contributed by atoms with Gasteiger partial charge in [-0.3, -0.25) is 4.79 Å². The predicted molar refractivity (Wildman–Crippen MR) is 141 cm³/mol. The zero-order valence-corrected chi connectivity index (χ0v) is 21.3. The Balaban J connectivity index is 1.81. The summed E-state index contributed by atoms with van der Waals surface area (Å²) < 4.78 is 3.75. The molecule has 0 saturated carbocycles. The number of carbonyl (C=O) groups is 1. The first-order valence-electron chi connectivity index (χ1n) is 12.3. The number of benzene rings is 2. The molecule has 0 radical (unpaired) electrons. The van der Waals surface area contributed by atoms with Crippen molar-refractivity contribution < 1.29 is 4.79 Å². The summed E-state index contributed by atoms with van der Waals surface area (Å²) in [6.45, 7) is 8.26. The number of nitrogens with two attached hydrogens (primary N) is 1. The van der Waals surface area contributed by atoms with Gasteiger partial charge in [0.25, 0.3) is 0 Å². The predicted octanol–water partition coefficient (Wildman–Crippen LogP) is 4.15. The van der Waals surface area contributed by atoms with Crippen molar-refractivity contribution in [2.45, 2.75) is 46.3 Å². The molecule has 0 unspecified atom stereocenters. The van der Waals surface area contributed by atoms with E-state index in [0.29, 0.717) is 26.1 Å². The second-order valence-electron chi connectivity index (χ2n) is 10.1. The van der Waals surface area contributed by atoms with E-state index in [1.165, 1.54) is 11.9 Å². The van der Waals surface area contributed by atoms with Crippen molar-refractivity contribution in [1.29, 1.82) is 0 Å². The third kappa shape index (κ3) is 6.07. The van der Waals surface area contributed by atoms with Crippen molar-refractivity contribution >= 4 is 5.91 Å². The monoisotopic (exact) mass is 485 g/mol. The average molecular weight is 486 g/mol. The van der Waals surface area contributed by atoms with Crippen LogP contribution in [0.1, 0.15) is 44.6 Å². The van der Waals surface area contributed by atoms with Crippen molar-refractivity contribution in [2.75, 3.05) is 13.1 Å². The molecule has 1 atom stereocenters. The summed E-state index contributed by atoms with van der Waals surface area (Å²) >= 11 is 0. The fourth-order valence-corrected chi connectivity index (χ4v) is 4.50. The lowest BCUT2D eigenvalue weighted by Crippen LogP contribution is -2.45. The van der Waals surface area contributed by atoms with E-state index < -0.39 is 0 Å². The molecule has 8 nitrogen and oxygen atoms in total. The summed E-state index contributed by atoms with van der Waals surface area (Å²) in [5.41, 5.74) is 8.70. The number of imidazole rings is 1. The molecule has 4 rings (SSSR count). The topological polar surface area (TPSA) is 94.9 Å². The summed E-state index contributed by atoms with van der Waals surface area (Å²) in [6.07, 6.45) is 5.80. The summed E-state index contributed by atoms with van der Waals surface area (Å²) in [5.74, 6) is 0.818. The molecule has 1 amide bonds. The zero-order valence-electron chi connectivity index (χ0n) is 21.3. The van der Waals surface area contributed by atoms with Crippen LogP contribution in [0.15, 0.2) is 79.5 Å². The van der Waals surface area contributed by atoms with E-state index in [-0.39, 0.29) is 23.9 Å². The van der Waals surface area contributed by atoms with Gasteiger partial charge in [-0.05, 0) is 23.9 Å². The molecule has 0 aliphatic carbocycles. The Labute approximate surface area is 212 Å². The lowest BCUT2D eigenvalue weighted by molar-refractivity contribution is -0.137. The third-order valence-corrected chi connectivity index (χ3v) is 6.14. The Bertz CT molecular complexity index is 1230. The lowest BCUT2D eigenvalue weighted by atomic mass is 9.84. The first-order valence-corrected chi connectivity index (χ1v) is 12.3. The van der Waals surface area contributed by atoms with Gasteiger partial charge in [-0.25, -0.2) is 14.6 Å². The molecule has 36 heavy (non-hydrogen) atoms. The second kappa shape index (κ2) is 11.3. The van der Waals surface area contributed by atoms with E-state index in [9.17, 15) is 4.79 Å². The van der Waals surface area contributed by atoms with E-state index in [4.69, 9.17) is 10.7 Å². The smallest absolute Gasteiger partial charge is 0.245 e. The van der Waals surface area contributed by atoms with E-state index in [2.05, 4.69) is 65.9 Å². The molecule has 2 heterocycles. The van der Waals surface area contributed by atoms with Crippen molar-refractivity contribution in [3.63, 3.8) is 0 Å². The zero-order chi connectivity index (χ0) is 25.5. The van der Waals surface area contributed by atoms with Gasteiger partial charge >= 0.3 is 0 Å². The maximum absolute atomic E-state index is 13.7. The Kier molecular flexibility index (Phi) is 7.95. The van der Waals surface area contributed by atoms with E-state index in [0.717, 1.165) is 17.1 Å². The number of amides is 1. The fourth-order valence-electron chi connectivity index (χ4n) is 4.50. The quantitative estimate of drug-likeness (QED) is 0.364. The number of carbonyl (C=O) groups excluding carboxylic acids is 1. The molecular weight excluding hydrogens is 450 g/mol. The molecule has 2 N–H and O–H groups in total. The van der Waals surface area contributed by atoms with Gasteiger partial charge in [-0.15, -0.1) is 0 Å². The molecule has 0 aliphatic rings. The molecule has 8 heteroatoms. The molecule has 0 spiro atoms. The highest BCUT2D eigenvalue weighted by Gasteiger charge is 2.38. The largest absolute Gasteiger partial charge is 0.330 e. The minimum absolute atomic E-state index is 0.0376. The molecule has 188 valence electrons. The molecule has 2 aromatic heterocycles. The van der Waals surface area contributed by atoms with Crippen molar-refractivity contribution in [3.8, 4) is 11.3 Å². The first kappa shape index (κ1) is 25.3. The first-order chi connectivity index (χ1) is 17.4. The highest BCUT2D eigenvalue weighted by molar-refractivity contribution is 5.76. The highest BCUT2D eigenvalue weighted by Crippen LogP contribution is 2.39. The van der Waals surface area contributed by atoms with Gasteiger partial charge in [0, 0.05) is 24.8 Å². The third-order valence-electron chi connectivity index (χ3n) is 6.14. The Morgan fingerprint density at radius 2 is 1.75 bits per heavy atom. The van der Waals surface area contributed by atoms with E-state index in [1.807, 2.05) is 41.3 Å². The summed E-state index contributed by atoms with van der Waals surface area (Å²) in [5, 5.41) is 4.14. The molecular formula is C28H35N7O. The van der Waals surface area contributed by atoms with Gasteiger partial charge < -0.3 is 15.2 Å². The number of nitrogens with zero attached hydrogens (tertiary/aromatic N) is 6. The van der Waals surface area contributed by atoms with Gasteiger partial charge in [-0.1, -0.05) is 81.4 Å². The van der Waals surface area contributed by atoms with E-state index >= 15 is 0 Å². The molecule has 4 aromatic rings. The van der Waals surface area contributed by atoms with Crippen LogP contribution in [0, 0.1) is 5.41 Å². The van der Waals surface area contributed by atoms with Crippen molar-refractivity contribution in [2.24, 2.45) is 11.1 Å². The van der Waals surface area contributed by atoms with Crippen molar-refractivity contribution in [3.05, 3.63) is 90.9 Å². The number of aromatic nitrogens is 5. The van der Waals surface area contributed by atoms with Crippen LogP contribution < -0.4 is 5.73 Å². The summed E-state index contributed by atoms with van der Waals surface area (Å²) in [6, 6.07) is 20.2. The summed E-state index contributed by atoms with van der Waals surface area (Å²) in [7, 11) is 0. The lowest BCUT2D eigenvalue weighted by Gasteiger charge is -2.40. The highest BCUT2D eigenvalue weighted by atomic mass is 16.2. The van der Waals surface area contributed by atoms with Crippen LogP contribution in [0.5, 0.6) is 0 Å². The van der Waals surface area contributed by atoms with Gasteiger partial charge in [0.1, 0.15) is 25.0 Å². The van der Waals surface area contributed by atoms with E-state index in [1.54, 1.807) is 11.0 Å². The molecule has 0 saturated heterocycles. The van der Waals surface area contributed by atoms with Crippen LogP contribution in [0.4, 0.5) is 0 Å². The van der Waals surface area contributed by atoms with Crippen LogP contribution in [-0.4, -0.2) is 48.2 Å². The van der Waals surface area contributed by atoms with Gasteiger partial charge in [0.15, 0.2) is 0 Å². The molecule has 0 bridgehead atoms. The Morgan fingerprint density at radius 1 is 1.06 bits per heavy atom. The van der Waals surface area contributed by atoms with Gasteiger partial charge in [0.2, 0.25) is 5.91 Å². The SMILES string of the molecule is CC(C)(C)[C@H](c1nc(-c2ccccc2)cn1Cc1ccccc1)N(CCCN)C(=O)Cn1cncn1. The van der Waals surface area contributed by atoms with Crippen LogP contribution in [-0.2, 0) is 17.9 Å². The van der Waals surface area contributed by atoms with Gasteiger partial charge in [-0.2, -0.15) is 5.10 Å². The minimum Gasteiger partial charge on any atom is -0.330 e. The second-order valence-corrected chi connectivity index (χ2v) is 10.1. The molecule has 2 aromatic carbocycles. The maximum Gasteiger partial charge on any atom is 0.245 e. The van der Waals surface area contributed by atoms with Crippen LogP contribution in [0.2, 0.25) is 0 Å². The standard InChI is InChI=1S/C28H35N7O/c1-28(2,3)26(35(16-10-15-29)25(36)19-34-21-30-20-31-34)27-32-24(23-13-8-5-9-14-23)18-33(27)17-22-11-6-4-7-12-22/h4-9,11-14,18,20-21,26H,10,15-17,19,29H2,1-3H3/t26-/m0/s1. The van der Waals surface area contributed by atoms with Crippen LogP contribution >= 0.6 is 0 Å². The van der Waals surface area contributed by atoms with Crippen molar-refractivity contribution in [1.82, 2.24) is 29.2 Å².